The van der Waals surface area contributed by atoms with Gasteiger partial charge in [0, 0.05) is 11.2 Å². The maximum absolute atomic E-state index is 13.6. The summed E-state index contributed by atoms with van der Waals surface area (Å²) in [6.07, 6.45) is 3.39. The number of carbonyl (C=O) groups is 1. The molecule has 3 atom stereocenters. The van der Waals surface area contributed by atoms with Gasteiger partial charge in [-0.05, 0) is 61.0 Å². The number of hydrogen-bond donors (Lipinski definition) is 4. The minimum Gasteiger partial charge on any atom is -0.381 e. The lowest BCUT2D eigenvalue weighted by molar-refractivity contribution is -0.0406. The van der Waals surface area contributed by atoms with Gasteiger partial charge in [0.25, 0.3) is 0 Å². The van der Waals surface area contributed by atoms with Crippen LogP contribution in [0.1, 0.15) is 57.4 Å². The van der Waals surface area contributed by atoms with Gasteiger partial charge in [-0.1, -0.05) is 23.7 Å². The van der Waals surface area contributed by atoms with Crippen LogP contribution < -0.4 is 16.2 Å². The van der Waals surface area contributed by atoms with Gasteiger partial charge in [-0.3, -0.25) is 8.98 Å². The molecule has 4 rings (SSSR count). The normalized spacial score (nSPS) is 23.0. The van der Waals surface area contributed by atoms with E-state index in [0.29, 0.717) is 16.3 Å². The van der Waals surface area contributed by atoms with Crippen LogP contribution in [0.4, 0.5) is 0 Å². The molecule has 0 aliphatic heterocycles. The van der Waals surface area contributed by atoms with E-state index in [9.17, 15) is 18.3 Å². The van der Waals surface area contributed by atoms with Crippen LogP contribution in [0.3, 0.4) is 0 Å². The average molecular weight is 552 g/mol. The smallest absolute Gasteiger partial charge is 0.333 e. The van der Waals surface area contributed by atoms with Crippen molar-refractivity contribution in [3.8, 4) is 0 Å². The molecule has 13 heteroatoms. The lowest BCUT2D eigenvalue weighted by Crippen LogP contribution is -2.59. The fourth-order valence-corrected chi connectivity index (χ4v) is 6.10. The Balaban J connectivity index is 1.68. The Morgan fingerprint density at radius 2 is 2.11 bits per heavy atom. The van der Waals surface area contributed by atoms with Gasteiger partial charge < -0.3 is 16.2 Å². The molecule has 36 heavy (non-hydrogen) atoms. The topological polar surface area (TPSA) is 171 Å². The zero-order valence-corrected chi connectivity index (χ0v) is 21.7. The van der Waals surface area contributed by atoms with Crippen molar-refractivity contribution in [3.05, 3.63) is 80.5 Å². The van der Waals surface area contributed by atoms with Gasteiger partial charge >= 0.3 is 10.3 Å². The van der Waals surface area contributed by atoms with Crippen LogP contribution >= 0.6 is 22.9 Å². The van der Waals surface area contributed by atoms with Crippen LogP contribution in [0, 0.1) is 0 Å². The van der Waals surface area contributed by atoms with Gasteiger partial charge in [0.15, 0.2) is 0 Å². The van der Waals surface area contributed by atoms with Crippen LogP contribution in [0.2, 0.25) is 5.02 Å². The van der Waals surface area contributed by atoms with Crippen molar-refractivity contribution in [2.24, 2.45) is 10.9 Å². The third kappa shape index (κ3) is 5.22. The van der Waals surface area contributed by atoms with E-state index in [4.69, 9.17) is 26.7 Å². The van der Waals surface area contributed by atoms with Gasteiger partial charge in [-0.25, -0.2) is 15.1 Å². The summed E-state index contributed by atoms with van der Waals surface area (Å²) >= 11 is 7.40. The number of ketones is 1. The Morgan fingerprint density at radius 3 is 2.81 bits per heavy atom. The van der Waals surface area contributed by atoms with Crippen molar-refractivity contribution in [2.75, 3.05) is 13.7 Å². The lowest BCUT2D eigenvalue weighted by Gasteiger charge is -2.38. The number of aromatic nitrogens is 2. The fraction of sp³-hybridized carbons (Fsp3) is 0.348. The molecule has 0 bridgehead atoms. The Labute approximate surface area is 217 Å². The van der Waals surface area contributed by atoms with Crippen molar-refractivity contribution >= 4 is 39.0 Å². The number of halogens is 1. The Kier molecular flexibility index (Phi) is 7.60. The van der Waals surface area contributed by atoms with Crippen molar-refractivity contribution < 1.29 is 22.5 Å². The number of hydrogen-bond acceptors (Lipinski definition) is 10. The molecular formula is C23H26ClN5O5S2. The van der Waals surface area contributed by atoms with E-state index in [-0.39, 0.29) is 30.1 Å². The summed E-state index contributed by atoms with van der Waals surface area (Å²) in [7, 11) is -2.48. The number of nitrogens with zero attached hydrogens (tertiary/aromatic N) is 2. The molecule has 0 radical (unpaired) electrons. The standard InChI is InChI=1S/C23H26ClN5O5S2/c1-27-19(14-4-2-5-16(24)8-14)15-9-18(35-11-15)20(30)17-10-28-13-29-21(17)23(31)7-3-6-22(23,25)12-34-36(26,32)33/h2,4-5,8-11,13,19,27,31H,3,6-7,12,25H2,1H3,(H2,26,32,33)/t19-,22?,23?/m1/s1. The molecule has 1 saturated carbocycles. The molecule has 1 aromatic carbocycles. The fourth-order valence-electron chi connectivity index (χ4n) is 4.64. The molecule has 1 aliphatic carbocycles. The van der Waals surface area contributed by atoms with Crippen molar-refractivity contribution in [1.82, 2.24) is 15.3 Å². The first-order valence-electron chi connectivity index (χ1n) is 11.0. The number of carbonyl (C=O) groups excluding carboxylic acids is 1. The first-order valence-corrected chi connectivity index (χ1v) is 13.7. The molecule has 192 valence electrons. The molecular weight excluding hydrogens is 526 g/mol. The van der Waals surface area contributed by atoms with E-state index in [1.54, 1.807) is 12.1 Å². The third-order valence-corrected chi connectivity index (χ3v) is 8.09. The molecule has 2 aromatic heterocycles. The van der Waals surface area contributed by atoms with Crippen molar-refractivity contribution in [2.45, 2.75) is 36.4 Å². The summed E-state index contributed by atoms with van der Waals surface area (Å²) in [5.41, 5.74) is 4.97. The maximum atomic E-state index is 13.6. The predicted octanol–water partition coefficient (Wildman–Crippen LogP) is 2.02. The van der Waals surface area contributed by atoms with Gasteiger partial charge in [-0.2, -0.15) is 8.42 Å². The van der Waals surface area contributed by atoms with Gasteiger partial charge in [-0.15, -0.1) is 11.3 Å². The molecule has 2 heterocycles. The molecule has 10 nitrogen and oxygen atoms in total. The molecule has 0 amide bonds. The number of aliphatic hydroxyl groups is 1. The van der Waals surface area contributed by atoms with Crippen LogP contribution in [-0.2, 0) is 20.1 Å². The third-order valence-electron chi connectivity index (χ3n) is 6.46. The van der Waals surface area contributed by atoms with Crippen LogP contribution in [-0.4, -0.2) is 48.5 Å². The summed E-state index contributed by atoms with van der Waals surface area (Å²) in [5, 5.41) is 22.3. The minimum atomic E-state index is -4.29. The quantitative estimate of drug-likeness (QED) is 0.290. The van der Waals surface area contributed by atoms with E-state index < -0.39 is 33.8 Å². The van der Waals surface area contributed by atoms with E-state index in [1.165, 1.54) is 23.9 Å². The highest BCUT2D eigenvalue weighted by atomic mass is 35.5. The highest BCUT2D eigenvalue weighted by Crippen LogP contribution is 2.46. The number of nitrogens with one attached hydrogen (secondary N) is 1. The zero-order valence-electron chi connectivity index (χ0n) is 19.3. The molecule has 0 saturated heterocycles. The van der Waals surface area contributed by atoms with E-state index in [0.717, 1.165) is 11.1 Å². The predicted molar refractivity (Wildman–Crippen MR) is 136 cm³/mol. The first kappa shape index (κ1) is 26.8. The second-order valence-corrected chi connectivity index (χ2v) is 11.3. The Bertz CT molecular complexity index is 1380. The van der Waals surface area contributed by atoms with Gasteiger partial charge in [0.1, 0.15) is 11.9 Å². The molecule has 2 unspecified atom stereocenters. The zero-order chi connectivity index (χ0) is 26.1. The molecule has 0 spiro atoms. The molecule has 6 N–H and O–H groups in total. The van der Waals surface area contributed by atoms with E-state index in [1.807, 2.05) is 30.6 Å². The van der Waals surface area contributed by atoms with Gasteiger partial charge in [0.2, 0.25) is 5.78 Å². The summed E-state index contributed by atoms with van der Waals surface area (Å²) in [5.74, 6) is -0.391. The number of rotatable bonds is 9. The number of thiophene rings is 1. The summed E-state index contributed by atoms with van der Waals surface area (Å²) in [6.45, 7) is -0.563. The highest BCUT2D eigenvalue weighted by molar-refractivity contribution is 7.84. The Morgan fingerprint density at radius 1 is 1.33 bits per heavy atom. The molecule has 1 aliphatic rings. The number of benzene rings is 1. The van der Waals surface area contributed by atoms with Crippen molar-refractivity contribution in [3.63, 3.8) is 0 Å². The molecule has 3 aromatic rings. The van der Waals surface area contributed by atoms with Crippen LogP contribution in [0.5, 0.6) is 0 Å². The molecule has 1 fully saturated rings. The maximum Gasteiger partial charge on any atom is 0.333 e. The monoisotopic (exact) mass is 551 g/mol. The summed E-state index contributed by atoms with van der Waals surface area (Å²) in [6, 6.07) is 9.01. The summed E-state index contributed by atoms with van der Waals surface area (Å²) in [4.78, 5) is 22.2. The van der Waals surface area contributed by atoms with E-state index in [2.05, 4.69) is 15.3 Å². The van der Waals surface area contributed by atoms with Crippen LogP contribution in [0.15, 0.2) is 48.2 Å². The lowest BCUT2D eigenvalue weighted by atomic mass is 9.79. The summed E-state index contributed by atoms with van der Waals surface area (Å²) < 4.78 is 27.5. The second kappa shape index (κ2) is 10.2. The average Bonchev–Trinajstić information content (AvgIpc) is 3.43. The first-order chi connectivity index (χ1) is 17.0. The highest BCUT2D eigenvalue weighted by Gasteiger charge is 2.55. The van der Waals surface area contributed by atoms with Crippen molar-refractivity contribution in [1.29, 1.82) is 0 Å². The van der Waals surface area contributed by atoms with E-state index >= 15 is 0 Å². The number of nitrogens with two attached hydrogens (primary N) is 2. The Hall–Kier alpha value is -2.29. The largest absolute Gasteiger partial charge is 0.381 e. The minimum absolute atomic E-state index is 0.0236. The second-order valence-electron chi connectivity index (χ2n) is 8.76. The SMILES string of the molecule is CN[C@H](c1cccc(Cl)c1)c1csc(C(=O)c2cncnc2C2(O)CCCC2(N)COS(N)(=O)=O)c1. The van der Waals surface area contributed by atoms with Gasteiger partial charge in [0.05, 0.1) is 34.3 Å². The van der Waals surface area contributed by atoms with Crippen LogP contribution in [0.25, 0.3) is 0 Å².